The Morgan fingerprint density at radius 1 is 0.905 bits per heavy atom. The van der Waals surface area contributed by atoms with Gasteiger partial charge in [-0.05, 0) is 82.5 Å². The summed E-state index contributed by atoms with van der Waals surface area (Å²) in [6.07, 6.45) is 20.5. The summed E-state index contributed by atoms with van der Waals surface area (Å²) >= 11 is 0. The molecule has 0 saturated heterocycles. The van der Waals surface area contributed by atoms with E-state index in [0.717, 1.165) is 30.8 Å². The van der Waals surface area contributed by atoms with Gasteiger partial charge in [-0.1, -0.05) is 31.9 Å². The molecule has 0 radical (unpaired) electrons. The van der Waals surface area contributed by atoms with Crippen LogP contribution in [-0.4, -0.2) is 12.7 Å². The van der Waals surface area contributed by atoms with E-state index in [9.17, 15) is 0 Å². The normalized spacial score (nSPS) is 34.4. The van der Waals surface area contributed by atoms with Gasteiger partial charge in [0.15, 0.2) is 0 Å². The average Bonchev–Trinajstić information content (AvgIpc) is 2.54. The van der Waals surface area contributed by atoms with Crippen LogP contribution >= 0.6 is 0 Å². The SMILES string of the molecule is CC=CCCC1CCC(C2CCC(OCCC)CC2)CC1. The molecule has 2 aliphatic carbocycles. The maximum Gasteiger partial charge on any atom is 0.0575 e. The first-order chi connectivity index (χ1) is 10.3. The molecule has 0 aromatic heterocycles. The Hall–Kier alpha value is -0.300. The molecule has 0 aliphatic heterocycles. The van der Waals surface area contributed by atoms with Crippen LogP contribution in [0.4, 0.5) is 0 Å². The zero-order valence-corrected chi connectivity index (χ0v) is 14.4. The van der Waals surface area contributed by atoms with Crippen molar-refractivity contribution < 1.29 is 4.74 Å². The molecule has 2 rings (SSSR count). The Balaban J connectivity index is 1.62. The van der Waals surface area contributed by atoms with Crippen molar-refractivity contribution in [1.82, 2.24) is 0 Å². The van der Waals surface area contributed by atoms with Gasteiger partial charge in [0, 0.05) is 6.61 Å². The van der Waals surface area contributed by atoms with Gasteiger partial charge in [0.1, 0.15) is 0 Å². The van der Waals surface area contributed by atoms with Crippen LogP contribution in [0.5, 0.6) is 0 Å². The molecule has 0 spiro atoms. The largest absolute Gasteiger partial charge is 0.378 e. The minimum atomic E-state index is 0.582. The molecular weight excluding hydrogens is 256 g/mol. The lowest BCUT2D eigenvalue weighted by Gasteiger charge is -2.37. The Kier molecular flexibility index (Phi) is 7.85. The first-order valence-corrected chi connectivity index (χ1v) is 9.56. The monoisotopic (exact) mass is 292 g/mol. The average molecular weight is 293 g/mol. The van der Waals surface area contributed by atoms with E-state index < -0.39 is 0 Å². The van der Waals surface area contributed by atoms with E-state index in [0.29, 0.717) is 6.10 Å². The smallest absolute Gasteiger partial charge is 0.0575 e. The highest BCUT2D eigenvalue weighted by atomic mass is 16.5. The van der Waals surface area contributed by atoms with Gasteiger partial charge in [-0.2, -0.15) is 0 Å². The summed E-state index contributed by atoms with van der Waals surface area (Å²) in [5.41, 5.74) is 0. The van der Waals surface area contributed by atoms with Crippen LogP contribution < -0.4 is 0 Å². The summed E-state index contributed by atoms with van der Waals surface area (Å²) in [7, 11) is 0. The third-order valence-electron chi connectivity index (χ3n) is 5.81. The molecule has 0 bridgehead atoms. The number of allylic oxidation sites excluding steroid dienone is 2. The van der Waals surface area contributed by atoms with Crippen LogP contribution in [0.15, 0.2) is 12.2 Å². The predicted molar refractivity (Wildman–Crippen MR) is 91.5 cm³/mol. The second-order valence-corrected chi connectivity index (χ2v) is 7.33. The van der Waals surface area contributed by atoms with E-state index in [1.54, 1.807) is 0 Å². The first-order valence-electron chi connectivity index (χ1n) is 9.56. The van der Waals surface area contributed by atoms with Gasteiger partial charge in [0.05, 0.1) is 6.10 Å². The van der Waals surface area contributed by atoms with Crippen molar-refractivity contribution in [2.75, 3.05) is 6.61 Å². The van der Waals surface area contributed by atoms with Crippen molar-refractivity contribution in [3.8, 4) is 0 Å². The molecular formula is C20H36O. The molecule has 2 saturated carbocycles. The van der Waals surface area contributed by atoms with Gasteiger partial charge in [-0.15, -0.1) is 0 Å². The van der Waals surface area contributed by atoms with E-state index in [1.807, 2.05) is 0 Å². The van der Waals surface area contributed by atoms with Gasteiger partial charge in [-0.3, -0.25) is 0 Å². The maximum atomic E-state index is 5.93. The van der Waals surface area contributed by atoms with Crippen molar-refractivity contribution in [3.05, 3.63) is 12.2 Å². The fraction of sp³-hybridized carbons (Fsp3) is 0.900. The zero-order valence-electron chi connectivity index (χ0n) is 14.4. The molecule has 122 valence electrons. The highest BCUT2D eigenvalue weighted by Gasteiger charge is 2.30. The quantitative estimate of drug-likeness (QED) is 0.512. The van der Waals surface area contributed by atoms with E-state index in [1.165, 1.54) is 64.2 Å². The van der Waals surface area contributed by atoms with Crippen LogP contribution in [0, 0.1) is 17.8 Å². The molecule has 0 atom stereocenters. The summed E-state index contributed by atoms with van der Waals surface area (Å²) in [4.78, 5) is 0. The fourth-order valence-electron chi connectivity index (χ4n) is 4.46. The van der Waals surface area contributed by atoms with Crippen molar-refractivity contribution in [2.24, 2.45) is 17.8 Å². The number of rotatable bonds is 7. The molecule has 0 N–H and O–H groups in total. The van der Waals surface area contributed by atoms with Crippen LogP contribution in [0.3, 0.4) is 0 Å². The third-order valence-corrected chi connectivity index (χ3v) is 5.81. The van der Waals surface area contributed by atoms with E-state index >= 15 is 0 Å². The minimum Gasteiger partial charge on any atom is -0.378 e. The van der Waals surface area contributed by atoms with E-state index in [2.05, 4.69) is 26.0 Å². The van der Waals surface area contributed by atoms with Crippen LogP contribution in [0.25, 0.3) is 0 Å². The van der Waals surface area contributed by atoms with E-state index in [4.69, 9.17) is 4.74 Å². The molecule has 21 heavy (non-hydrogen) atoms. The molecule has 0 amide bonds. The molecule has 0 aromatic rings. The maximum absolute atomic E-state index is 5.93. The lowest BCUT2D eigenvalue weighted by molar-refractivity contribution is 0.00730. The Morgan fingerprint density at radius 3 is 2.10 bits per heavy atom. The second-order valence-electron chi connectivity index (χ2n) is 7.33. The highest BCUT2D eigenvalue weighted by molar-refractivity contribution is 4.84. The van der Waals surface area contributed by atoms with Gasteiger partial charge in [0.25, 0.3) is 0 Å². The predicted octanol–water partition coefficient (Wildman–Crippen LogP) is 6.13. The topological polar surface area (TPSA) is 9.23 Å². The number of hydrogen-bond donors (Lipinski definition) is 0. The lowest BCUT2D eigenvalue weighted by Crippen LogP contribution is -2.28. The van der Waals surface area contributed by atoms with Crippen molar-refractivity contribution >= 4 is 0 Å². The van der Waals surface area contributed by atoms with Crippen LogP contribution in [0.1, 0.15) is 84.5 Å². The molecule has 0 aromatic carbocycles. The van der Waals surface area contributed by atoms with Crippen LogP contribution in [0.2, 0.25) is 0 Å². The second kappa shape index (κ2) is 9.66. The van der Waals surface area contributed by atoms with E-state index in [-0.39, 0.29) is 0 Å². The summed E-state index contributed by atoms with van der Waals surface area (Å²) in [6, 6.07) is 0. The Labute approximate surface area is 132 Å². The summed E-state index contributed by atoms with van der Waals surface area (Å²) in [6.45, 7) is 5.31. The van der Waals surface area contributed by atoms with Crippen molar-refractivity contribution in [2.45, 2.75) is 90.6 Å². The number of hydrogen-bond acceptors (Lipinski definition) is 1. The van der Waals surface area contributed by atoms with Crippen molar-refractivity contribution in [3.63, 3.8) is 0 Å². The van der Waals surface area contributed by atoms with Gasteiger partial charge in [-0.25, -0.2) is 0 Å². The standard InChI is InChI=1S/C20H36O/c1-3-5-6-7-17-8-10-18(11-9-17)19-12-14-20(15-13-19)21-16-4-2/h3,5,17-20H,4,6-16H2,1-2H3. The minimum absolute atomic E-state index is 0.582. The molecule has 1 nitrogen and oxygen atoms in total. The summed E-state index contributed by atoms with van der Waals surface area (Å²) in [5, 5.41) is 0. The first kappa shape index (κ1) is 17.1. The Bertz CT molecular complexity index is 280. The molecule has 0 heterocycles. The zero-order chi connectivity index (χ0) is 14.9. The fourth-order valence-corrected chi connectivity index (χ4v) is 4.46. The number of ether oxygens (including phenoxy) is 1. The van der Waals surface area contributed by atoms with Gasteiger partial charge in [0.2, 0.25) is 0 Å². The summed E-state index contributed by atoms with van der Waals surface area (Å²) < 4.78 is 5.93. The van der Waals surface area contributed by atoms with Gasteiger partial charge >= 0.3 is 0 Å². The summed E-state index contributed by atoms with van der Waals surface area (Å²) in [5.74, 6) is 3.07. The highest BCUT2D eigenvalue weighted by Crippen LogP contribution is 2.41. The molecule has 2 fully saturated rings. The van der Waals surface area contributed by atoms with Crippen LogP contribution in [-0.2, 0) is 4.74 Å². The molecule has 0 unspecified atom stereocenters. The third kappa shape index (κ3) is 5.77. The van der Waals surface area contributed by atoms with Crippen molar-refractivity contribution in [1.29, 1.82) is 0 Å². The molecule has 1 heteroatoms. The Morgan fingerprint density at radius 2 is 1.52 bits per heavy atom. The lowest BCUT2D eigenvalue weighted by atomic mass is 9.70. The van der Waals surface area contributed by atoms with Gasteiger partial charge < -0.3 is 4.74 Å². The molecule has 2 aliphatic rings.